The average molecular weight is 540 g/mol. The van der Waals surface area contributed by atoms with Crippen molar-refractivity contribution in [2.45, 2.75) is 44.9 Å². The molecule has 0 aliphatic rings. The molecule has 4 aromatic rings. The van der Waals surface area contributed by atoms with E-state index in [2.05, 4.69) is 92.0 Å². The third-order valence-corrected chi connectivity index (χ3v) is 7.04. The summed E-state index contributed by atoms with van der Waals surface area (Å²) in [6.07, 6.45) is 4.61. The van der Waals surface area contributed by atoms with Gasteiger partial charge in [0, 0.05) is 23.9 Å². The third kappa shape index (κ3) is 8.08. The SMILES string of the molecule is C=C(/C=C(/C)n1ncc(SF)c1C)c1ccccc1C.C=C(NCCC)C(c1ccccc1)c1ccccc1. The summed E-state index contributed by atoms with van der Waals surface area (Å²) >= 11 is 0.218. The number of halogens is 1. The van der Waals surface area contributed by atoms with Crippen LogP contribution in [-0.2, 0) is 0 Å². The van der Waals surface area contributed by atoms with Crippen LogP contribution in [-0.4, -0.2) is 16.3 Å². The summed E-state index contributed by atoms with van der Waals surface area (Å²) < 4.78 is 14.4. The zero-order chi connectivity index (χ0) is 28.2. The van der Waals surface area contributed by atoms with Gasteiger partial charge in [0.1, 0.15) is 0 Å². The highest BCUT2D eigenvalue weighted by Crippen LogP contribution is 2.29. The van der Waals surface area contributed by atoms with E-state index in [1.807, 2.05) is 50.3 Å². The molecule has 0 unspecified atom stereocenters. The molecule has 3 aromatic carbocycles. The maximum Gasteiger partial charge on any atom is 0.0848 e. The molecule has 0 fully saturated rings. The fourth-order valence-corrected chi connectivity index (χ4v) is 4.71. The molecule has 3 nitrogen and oxygen atoms in total. The van der Waals surface area contributed by atoms with Crippen LogP contribution in [0.3, 0.4) is 0 Å². The Hall–Kier alpha value is -3.83. The van der Waals surface area contributed by atoms with Crippen molar-refractivity contribution in [1.29, 1.82) is 0 Å². The van der Waals surface area contributed by atoms with Gasteiger partial charge in [0.05, 0.1) is 28.9 Å². The highest BCUT2D eigenvalue weighted by atomic mass is 32.2. The Kier molecular flexibility index (Phi) is 11.4. The number of hydrogen-bond acceptors (Lipinski definition) is 3. The standard InChI is InChI=1S/C18H21N.C16H17FN2S/c1-3-14-19-15(2)18(16-10-6-4-7-11-16)17-12-8-5-9-13-17;1-11-7-5-6-8-15(11)12(2)9-13(3)19-14(4)16(20-17)10-18-19/h4-13,18-19H,2-3,14H2,1H3;5-10H,2H2,1,3-4H3/b;13-9-. The normalized spacial score (nSPS) is 11.1. The van der Waals surface area contributed by atoms with Gasteiger partial charge in [0.15, 0.2) is 0 Å². The zero-order valence-corrected chi connectivity index (χ0v) is 24.1. The van der Waals surface area contributed by atoms with Crippen molar-refractivity contribution in [2.75, 3.05) is 6.54 Å². The number of hydrogen-bond donors (Lipinski definition) is 1. The van der Waals surface area contributed by atoms with Gasteiger partial charge in [-0.05, 0) is 61.1 Å². The van der Waals surface area contributed by atoms with Gasteiger partial charge in [-0.3, -0.25) is 0 Å². The Morgan fingerprint density at radius 3 is 2.03 bits per heavy atom. The molecule has 0 amide bonds. The van der Waals surface area contributed by atoms with E-state index in [1.165, 1.54) is 22.9 Å². The lowest BCUT2D eigenvalue weighted by molar-refractivity contribution is 0.719. The summed E-state index contributed by atoms with van der Waals surface area (Å²) in [5, 5.41) is 7.64. The van der Waals surface area contributed by atoms with Crippen molar-refractivity contribution in [1.82, 2.24) is 15.1 Å². The van der Waals surface area contributed by atoms with Gasteiger partial charge in [0.25, 0.3) is 0 Å². The molecule has 0 spiro atoms. The Morgan fingerprint density at radius 1 is 0.949 bits per heavy atom. The summed E-state index contributed by atoms with van der Waals surface area (Å²) in [5.74, 6) is 0.217. The van der Waals surface area contributed by atoms with E-state index in [0.29, 0.717) is 4.90 Å². The van der Waals surface area contributed by atoms with Gasteiger partial charge in [0.2, 0.25) is 0 Å². The minimum atomic E-state index is 0.217. The first-order chi connectivity index (χ1) is 18.9. The molecular formula is C34H38FN3S. The number of aryl methyl sites for hydroxylation is 1. The van der Waals surface area contributed by atoms with E-state index in [4.69, 9.17) is 0 Å². The Morgan fingerprint density at radius 2 is 1.51 bits per heavy atom. The summed E-state index contributed by atoms with van der Waals surface area (Å²) in [5.41, 5.74) is 8.55. The summed E-state index contributed by atoms with van der Waals surface area (Å²) in [7, 11) is 0. The molecule has 0 saturated carbocycles. The van der Waals surface area contributed by atoms with Crippen LogP contribution in [0.2, 0.25) is 0 Å². The second kappa shape index (κ2) is 14.9. The molecule has 0 aliphatic carbocycles. The predicted octanol–water partition coefficient (Wildman–Crippen LogP) is 9.38. The molecule has 1 N–H and O–H groups in total. The van der Waals surface area contributed by atoms with Crippen LogP contribution in [0.15, 0.2) is 121 Å². The number of nitrogens with zero attached hydrogens (tertiary/aromatic N) is 2. The highest BCUT2D eigenvalue weighted by Gasteiger charge is 2.16. The lowest BCUT2D eigenvalue weighted by Crippen LogP contribution is -2.20. The minimum Gasteiger partial charge on any atom is -0.388 e. The fraction of sp³-hybridized carbons (Fsp3) is 0.206. The number of allylic oxidation sites excluding steroid dienone is 4. The van der Waals surface area contributed by atoms with E-state index in [1.54, 1.807) is 4.68 Å². The molecule has 202 valence electrons. The molecule has 0 bridgehead atoms. The maximum absolute atomic E-state index is 12.7. The lowest BCUT2D eigenvalue weighted by atomic mass is 9.89. The van der Waals surface area contributed by atoms with Gasteiger partial charge >= 0.3 is 0 Å². The average Bonchev–Trinajstić information content (AvgIpc) is 3.34. The molecule has 0 saturated heterocycles. The first-order valence-electron chi connectivity index (χ1n) is 13.2. The van der Waals surface area contributed by atoms with E-state index >= 15 is 0 Å². The number of rotatable bonds is 10. The number of benzene rings is 3. The Balaban J connectivity index is 0.000000216. The predicted molar refractivity (Wildman–Crippen MR) is 166 cm³/mol. The van der Waals surface area contributed by atoms with E-state index < -0.39 is 0 Å². The van der Waals surface area contributed by atoms with Crippen molar-refractivity contribution in [2.24, 2.45) is 0 Å². The summed E-state index contributed by atoms with van der Waals surface area (Å²) in [6.45, 7) is 17.3. The van der Waals surface area contributed by atoms with Crippen LogP contribution in [0.25, 0.3) is 11.3 Å². The van der Waals surface area contributed by atoms with Crippen LogP contribution < -0.4 is 5.32 Å². The second-order valence-corrected chi connectivity index (χ2v) is 10.0. The number of aromatic nitrogens is 2. The molecule has 39 heavy (non-hydrogen) atoms. The molecule has 5 heteroatoms. The van der Waals surface area contributed by atoms with Crippen LogP contribution in [0.4, 0.5) is 3.89 Å². The molecule has 0 atom stereocenters. The molecule has 0 radical (unpaired) electrons. The highest BCUT2D eigenvalue weighted by molar-refractivity contribution is 7.94. The topological polar surface area (TPSA) is 29.9 Å². The molecule has 4 rings (SSSR count). The van der Waals surface area contributed by atoms with Crippen molar-refractivity contribution in [3.05, 3.63) is 144 Å². The van der Waals surface area contributed by atoms with Gasteiger partial charge in [-0.15, -0.1) is 0 Å². The maximum atomic E-state index is 12.7. The first-order valence-corrected chi connectivity index (χ1v) is 13.9. The van der Waals surface area contributed by atoms with Crippen molar-refractivity contribution in [3.8, 4) is 0 Å². The Bertz CT molecular complexity index is 1350. The summed E-state index contributed by atoms with van der Waals surface area (Å²) in [6, 6.07) is 29.2. The molecule has 0 aliphatic heterocycles. The summed E-state index contributed by atoms with van der Waals surface area (Å²) in [4.78, 5) is 0.541. The van der Waals surface area contributed by atoms with Crippen LogP contribution in [0, 0.1) is 13.8 Å². The monoisotopic (exact) mass is 539 g/mol. The van der Waals surface area contributed by atoms with Crippen molar-refractivity contribution >= 4 is 23.4 Å². The van der Waals surface area contributed by atoms with Crippen molar-refractivity contribution < 1.29 is 3.89 Å². The first kappa shape index (κ1) is 29.7. The van der Waals surface area contributed by atoms with E-state index in [-0.39, 0.29) is 18.1 Å². The second-order valence-electron chi connectivity index (χ2n) is 9.42. The lowest BCUT2D eigenvalue weighted by Gasteiger charge is -2.22. The van der Waals surface area contributed by atoms with Gasteiger partial charge in [-0.1, -0.05) is 105 Å². The third-order valence-electron chi connectivity index (χ3n) is 6.47. The van der Waals surface area contributed by atoms with E-state index in [9.17, 15) is 3.89 Å². The molecular weight excluding hydrogens is 501 g/mol. The van der Waals surface area contributed by atoms with Crippen molar-refractivity contribution in [3.63, 3.8) is 0 Å². The molecule has 1 heterocycles. The van der Waals surface area contributed by atoms with E-state index in [0.717, 1.165) is 41.2 Å². The molecule has 1 aromatic heterocycles. The van der Waals surface area contributed by atoms with Gasteiger partial charge < -0.3 is 5.32 Å². The van der Waals surface area contributed by atoms with Crippen LogP contribution in [0.1, 0.15) is 54.1 Å². The largest absolute Gasteiger partial charge is 0.388 e. The van der Waals surface area contributed by atoms with Crippen LogP contribution in [0.5, 0.6) is 0 Å². The van der Waals surface area contributed by atoms with Crippen LogP contribution >= 0.6 is 12.1 Å². The fourth-order valence-electron chi connectivity index (χ4n) is 4.42. The van der Waals surface area contributed by atoms with Gasteiger partial charge in [-0.2, -0.15) is 8.98 Å². The zero-order valence-electron chi connectivity index (χ0n) is 23.3. The quantitative estimate of drug-likeness (QED) is 0.204. The number of nitrogens with one attached hydrogen (secondary N) is 1. The Labute approximate surface area is 237 Å². The van der Waals surface area contributed by atoms with Gasteiger partial charge in [-0.25, -0.2) is 4.68 Å². The minimum absolute atomic E-state index is 0.217. The smallest absolute Gasteiger partial charge is 0.0848 e.